The van der Waals surface area contributed by atoms with Gasteiger partial charge in [-0.2, -0.15) is 0 Å². The first-order chi connectivity index (χ1) is 12.3. The number of carbonyl (C=O) groups excluding carboxylic acids is 1. The number of furan rings is 1. The standard InChI is InChI=1S/C20H17N3O2/c24-20(14-23-10-8-16-4-1-2-5-18(16)23)22-13-15-7-9-21-17(12-15)19-6-3-11-25-19/h1-12H,13-14H2,(H,22,24). The Hall–Kier alpha value is -3.34. The second kappa shape index (κ2) is 6.65. The van der Waals surface area contributed by atoms with Gasteiger partial charge in [-0.05, 0) is 47.3 Å². The predicted molar refractivity (Wildman–Crippen MR) is 95.7 cm³/mol. The first kappa shape index (κ1) is 15.2. The first-order valence-electron chi connectivity index (χ1n) is 8.09. The van der Waals surface area contributed by atoms with Gasteiger partial charge in [0.1, 0.15) is 12.2 Å². The number of carbonyl (C=O) groups is 1. The molecule has 0 aliphatic rings. The lowest BCUT2D eigenvalue weighted by molar-refractivity contribution is -0.121. The monoisotopic (exact) mass is 331 g/mol. The van der Waals surface area contributed by atoms with Crippen molar-refractivity contribution in [1.82, 2.24) is 14.9 Å². The zero-order valence-corrected chi connectivity index (χ0v) is 13.6. The van der Waals surface area contributed by atoms with E-state index in [1.54, 1.807) is 12.5 Å². The van der Waals surface area contributed by atoms with Gasteiger partial charge in [0, 0.05) is 24.5 Å². The molecule has 1 amide bonds. The highest BCUT2D eigenvalue weighted by molar-refractivity contribution is 5.83. The van der Waals surface area contributed by atoms with Gasteiger partial charge >= 0.3 is 0 Å². The summed E-state index contributed by atoms with van der Waals surface area (Å²) in [6.45, 7) is 0.748. The van der Waals surface area contributed by atoms with Gasteiger partial charge in [-0.1, -0.05) is 18.2 Å². The second-order valence-electron chi connectivity index (χ2n) is 5.81. The van der Waals surface area contributed by atoms with E-state index in [4.69, 9.17) is 4.42 Å². The Bertz CT molecular complexity index is 1000. The fourth-order valence-corrected chi connectivity index (χ4v) is 2.83. The molecule has 5 heteroatoms. The van der Waals surface area contributed by atoms with Crippen LogP contribution in [0.15, 0.2) is 77.7 Å². The molecule has 0 unspecified atom stereocenters. The van der Waals surface area contributed by atoms with Crippen molar-refractivity contribution in [3.05, 3.63) is 78.8 Å². The van der Waals surface area contributed by atoms with Crippen LogP contribution in [-0.2, 0) is 17.9 Å². The summed E-state index contributed by atoms with van der Waals surface area (Å²) in [5, 5.41) is 4.09. The Kier molecular flexibility index (Phi) is 4.04. The number of fused-ring (bicyclic) bond motifs is 1. The number of rotatable bonds is 5. The Labute approximate surface area is 144 Å². The Morgan fingerprint density at radius 3 is 2.92 bits per heavy atom. The van der Waals surface area contributed by atoms with Crippen molar-refractivity contribution in [2.75, 3.05) is 0 Å². The fraction of sp³-hybridized carbons (Fsp3) is 0.100. The van der Waals surface area contributed by atoms with E-state index in [2.05, 4.69) is 10.3 Å². The molecule has 4 aromatic rings. The molecule has 1 N–H and O–H groups in total. The summed E-state index contributed by atoms with van der Waals surface area (Å²) >= 11 is 0. The summed E-state index contributed by atoms with van der Waals surface area (Å²) in [6, 6.07) is 17.5. The smallest absolute Gasteiger partial charge is 0.240 e. The van der Waals surface area contributed by atoms with E-state index >= 15 is 0 Å². The van der Waals surface area contributed by atoms with Gasteiger partial charge in [-0.25, -0.2) is 0 Å². The lowest BCUT2D eigenvalue weighted by Gasteiger charge is -2.08. The third-order valence-corrected chi connectivity index (χ3v) is 4.08. The topological polar surface area (TPSA) is 60.1 Å². The van der Waals surface area contributed by atoms with Gasteiger partial charge < -0.3 is 14.3 Å². The molecule has 25 heavy (non-hydrogen) atoms. The largest absolute Gasteiger partial charge is 0.463 e. The third kappa shape index (κ3) is 3.30. The molecule has 0 fully saturated rings. The van der Waals surface area contributed by atoms with Crippen molar-refractivity contribution >= 4 is 16.8 Å². The molecule has 3 aromatic heterocycles. The van der Waals surface area contributed by atoms with Crippen LogP contribution in [-0.4, -0.2) is 15.5 Å². The van der Waals surface area contributed by atoms with Crippen molar-refractivity contribution in [2.24, 2.45) is 0 Å². The minimum Gasteiger partial charge on any atom is -0.463 e. The number of nitrogens with zero attached hydrogens (tertiary/aromatic N) is 2. The average molecular weight is 331 g/mol. The maximum absolute atomic E-state index is 12.3. The lowest BCUT2D eigenvalue weighted by atomic mass is 10.2. The Balaban J connectivity index is 1.41. The molecule has 3 heterocycles. The number of hydrogen-bond acceptors (Lipinski definition) is 3. The fourth-order valence-electron chi connectivity index (χ4n) is 2.83. The molecule has 5 nitrogen and oxygen atoms in total. The number of hydrogen-bond donors (Lipinski definition) is 1. The quantitative estimate of drug-likeness (QED) is 0.608. The van der Waals surface area contributed by atoms with Crippen LogP contribution in [0.5, 0.6) is 0 Å². The van der Waals surface area contributed by atoms with Crippen molar-refractivity contribution in [3.8, 4) is 11.5 Å². The SMILES string of the molecule is O=C(Cn1ccc2ccccc21)NCc1ccnc(-c2ccco2)c1. The molecule has 0 atom stereocenters. The zero-order valence-electron chi connectivity index (χ0n) is 13.6. The van der Waals surface area contributed by atoms with Crippen LogP contribution in [0.2, 0.25) is 0 Å². The molecular formula is C20H17N3O2. The molecule has 4 rings (SSSR count). The maximum Gasteiger partial charge on any atom is 0.240 e. The number of benzene rings is 1. The maximum atomic E-state index is 12.3. The van der Waals surface area contributed by atoms with E-state index in [0.29, 0.717) is 18.8 Å². The molecule has 0 spiro atoms. The average Bonchev–Trinajstić information content (AvgIpc) is 3.31. The minimum absolute atomic E-state index is 0.0299. The molecule has 0 aliphatic heterocycles. The Morgan fingerprint density at radius 2 is 2.04 bits per heavy atom. The second-order valence-corrected chi connectivity index (χ2v) is 5.81. The highest BCUT2D eigenvalue weighted by Gasteiger charge is 2.07. The van der Waals surface area contributed by atoms with Gasteiger partial charge in [0.2, 0.25) is 5.91 Å². The number of nitrogens with one attached hydrogen (secondary N) is 1. The van der Waals surface area contributed by atoms with Crippen molar-refractivity contribution in [1.29, 1.82) is 0 Å². The summed E-state index contributed by atoms with van der Waals surface area (Å²) in [4.78, 5) is 16.6. The van der Waals surface area contributed by atoms with Crippen LogP contribution in [0.1, 0.15) is 5.56 Å². The van der Waals surface area contributed by atoms with Crippen LogP contribution in [0, 0.1) is 0 Å². The van der Waals surface area contributed by atoms with E-state index in [0.717, 1.165) is 22.2 Å². The molecule has 0 bridgehead atoms. The van der Waals surface area contributed by atoms with Crippen molar-refractivity contribution in [2.45, 2.75) is 13.1 Å². The predicted octanol–water partition coefficient (Wildman–Crippen LogP) is 3.61. The van der Waals surface area contributed by atoms with Gasteiger partial charge in [-0.3, -0.25) is 9.78 Å². The molecule has 1 aromatic carbocycles. The summed E-state index contributed by atoms with van der Waals surface area (Å²) < 4.78 is 7.31. The number of pyridine rings is 1. The molecule has 0 radical (unpaired) electrons. The van der Waals surface area contributed by atoms with Crippen LogP contribution >= 0.6 is 0 Å². The van der Waals surface area contributed by atoms with E-state index < -0.39 is 0 Å². The van der Waals surface area contributed by atoms with Gasteiger partial charge in [-0.15, -0.1) is 0 Å². The number of para-hydroxylation sites is 1. The Morgan fingerprint density at radius 1 is 1.12 bits per heavy atom. The summed E-state index contributed by atoms with van der Waals surface area (Å²) in [6.07, 6.45) is 5.28. The van der Waals surface area contributed by atoms with E-state index in [1.165, 1.54) is 0 Å². The van der Waals surface area contributed by atoms with Crippen LogP contribution in [0.3, 0.4) is 0 Å². The minimum atomic E-state index is -0.0299. The van der Waals surface area contributed by atoms with Gasteiger partial charge in [0.25, 0.3) is 0 Å². The lowest BCUT2D eigenvalue weighted by Crippen LogP contribution is -2.26. The highest BCUT2D eigenvalue weighted by Crippen LogP contribution is 2.18. The van der Waals surface area contributed by atoms with Crippen molar-refractivity contribution in [3.63, 3.8) is 0 Å². The van der Waals surface area contributed by atoms with Crippen molar-refractivity contribution < 1.29 is 9.21 Å². The molecule has 0 saturated carbocycles. The normalized spacial score (nSPS) is 10.9. The molecule has 124 valence electrons. The highest BCUT2D eigenvalue weighted by atomic mass is 16.3. The molecule has 0 aliphatic carbocycles. The van der Waals surface area contributed by atoms with Gasteiger partial charge in [0.15, 0.2) is 5.76 Å². The third-order valence-electron chi connectivity index (χ3n) is 4.08. The summed E-state index contributed by atoms with van der Waals surface area (Å²) in [5.41, 5.74) is 2.79. The summed E-state index contributed by atoms with van der Waals surface area (Å²) in [7, 11) is 0. The van der Waals surface area contributed by atoms with E-state index in [-0.39, 0.29) is 5.91 Å². The first-order valence-corrected chi connectivity index (χ1v) is 8.09. The van der Waals surface area contributed by atoms with E-state index in [9.17, 15) is 4.79 Å². The molecular weight excluding hydrogens is 314 g/mol. The van der Waals surface area contributed by atoms with Crippen LogP contribution in [0.4, 0.5) is 0 Å². The van der Waals surface area contributed by atoms with Gasteiger partial charge in [0.05, 0.1) is 6.26 Å². The van der Waals surface area contributed by atoms with Crippen LogP contribution < -0.4 is 5.32 Å². The molecule has 0 saturated heterocycles. The van der Waals surface area contributed by atoms with E-state index in [1.807, 2.05) is 65.4 Å². The number of amides is 1. The number of aromatic nitrogens is 2. The zero-order chi connectivity index (χ0) is 17.1. The summed E-state index contributed by atoms with van der Waals surface area (Å²) in [5.74, 6) is 0.685. The van der Waals surface area contributed by atoms with Crippen LogP contribution in [0.25, 0.3) is 22.4 Å².